The fourth-order valence-electron chi connectivity index (χ4n) is 0.223. The van der Waals surface area contributed by atoms with E-state index < -0.39 is 12.7 Å². The number of rotatable bonds is 4. The van der Waals surface area contributed by atoms with Gasteiger partial charge >= 0.3 is 6.05 Å². The van der Waals surface area contributed by atoms with Crippen LogP contribution in [0, 0.1) is 0 Å². The second-order valence-electron chi connectivity index (χ2n) is 1.49. The number of hydrogen-bond donors (Lipinski definition) is 0. The van der Waals surface area contributed by atoms with Gasteiger partial charge in [0.1, 0.15) is 0 Å². The molecule has 0 aromatic rings. The van der Waals surface area contributed by atoms with E-state index in [2.05, 4.69) is 9.73 Å². The zero-order chi connectivity index (χ0) is 8.04. The van der Waals surface area contributed by atoms with Gasteiger partial charge in [-0.05, 0) is 6.92 Å². The van der Waals surface area contributed by atoms with Gasteiger partial charge in [0, 0.05) is 0 Å². The summed E-state index contributed by atoms with van der Waals surface area (Å²) in [5.41, 5.74) is 0. The topological polar surface area (TPSA) is 21.6 Å². The third-order valence-corrected chi connectivity index (χ3v) is 0.644. The van der Waals surface area contributed by atoms with Crippen molar-refractivity contribution in [2.75, 3.05) is 13.3 Å². The summed E-state index contributed by atoms with van der Waals surface area (Å²) in [5.74, 6) is 0. The first-order chi connectivity index (χ1) is 4.62. The van der Waals surface area contributed by atoms with Gasteiger partial charge in [0.15, 0.2) is 13.1 Å². The normalized spacial score (nSPS) is 12.4. The second-order valence-corrected chi connectivity index (χ2v) is 1.49. The van der Waals surface area contributed by atoms with Gasteiger partial charge < -0.3 is 4.74 Å². The van der Waals surface area contributed by atoms with Gasteiger partial charge in [-0.2, -0.15) is 13.8 Å². The van der Waals surface area contributed by atoms with E-state index in [1.165, 1.54) is 0 Å². The van der Waals surface area contributed by atoms with Crippen molar-refractivity contribution in [1.82, 2.24) is 0 Å². The van der Waals surface area contributed by atoms with Gasteiger partial charge in [-0.3, -0.25) is 0 Å². The molecule has 0 heterocycles. The van der Waals surface area contributed by atoms with Gasteiger partial charge in [-0.1, -0.05) is 0 Å². The molecule has 0 atom stereocenters. The number of aliphatic imine (C=N–C) groups is 1. The third kappa shape index (κ3) is 4.17. The van der Waals surface area contributed by atoms with Crippen LogP contribution < -0.4 is 0 Å². The summed E-state index contributed by atoms with van der Waals surface area (Å²) >= 11 is 0. The molecule has 0 saturated carbocycles. The lowest BCUT2D eigenvalue weighted by molar-refractivity contribution is -0.0142. The quantitative estimate of drug-likeness (QED) is 0.343. The predicted octanol–water partition coefficient (Wildman–Crippen LogP) is 1.61. The van der Waals surface area contributed by atoms with Crippen LogP contribution in [0.2, 0.25) is 0 Å². The van der Waals surface area contributed by atoms with Gasteiger partial charge in [0.25, 0.3) is 0 Å². The minimum Gasteiger partial charge on any atom is -0.484 e. The summed E-state index contributed by atoms with van der Waals surface area (Å²) in [6.45, 7) is 0.0576. The molecule has 5 heteroatoms. The van der Waals surface area contributed by atoms with Crippen LogP contribution in [0.15, 0.2) is 4.99 Å². The monoisotopic (exact) mass is 155 g/mol. The Balaban J connectivity index is 3.63. The first kappa shape index (κ1) is 9.26. The van der Waals surface area contributed by atoms with Crippen LogP contribution in [0.5, 0.6) is 0 Å². The molecule has 0 fully saturated rings. The lowest BCUT2D eigenvalue weighted by Gasteiger charge is -2.03. The zero-order valence-corrected chi connectivity index (χ0v) is 5.48. The highest BCUT2D eigenvalue weighted by Gasteiger charge is 2.26. The molecule has 0 rings (SSSR count). The van der Waals surface area contributed by atoms with Crippen LogP contribution in [0.3, 0.4) is 0 Å². The van der Waals surface area contributed by atoms with Gasteiger partial charge in [-0.25, -0.2) is 4.39 Å². The zero-order valence-electron chi connectivity index (χ0n) is 5.48. The Hall–Kier alpha value is -0.740. The second kappa shape index (κ2) is 4.14. The van der Waals surface area contributed by atoms with Crippen molar-refractivity contribution in [2.24, 2.45) is 4.99 Å². The van der Waals surface area contributed by atoms with Crippen LogP contribution in [-0.2, 0) is 4.74 Å². The van der Waals surface area contributed by atoms with E-state index in [4.69, 9.17) is 0 Å². The average Bonchev–Trinajstić information content (AvgIpc) is 1.89. The first-order valence-electron chi connectivity index (χ1n) is 2.71. The predicted molar refractivity (Wildman–Crippen MR) is 31.0 cm³/mol. The van der Waals surface area contributed by atoms with Gasteiger partial charge in [0.05, 0.1) is 6.61 Å². The highest BCUT2D eigenvalue weighted by molar-refractivity contribution is 5.46. The van der Waals surface area contributed by atoms with Crippen LogP contribution in [0.25, 0.3) is 0 Å². The van der Waals surface area contributed by atoms with E-state index in [0.29, 0.717) is 6.40 Å². The molecular weight excluding hydrogens is 147 g/mol. The van der Waals surface area contributed by atoms with Crippen molar-refractivity contribution in [2.45, 2.75) is 13.0 Å². The Morgan fingerprint density at radius 2 is 2.20 bits per heavy atom. The van der Waals surface area contributed by atoms with Crippen molar-refractivity contribution < 1.29 is 17.9 Å². The van der Waals surface area contributed by atoms with E-state index in [9.17, 15) is 13.2 Å². The Bertz CT molecular complexity index is 115. The summed E-state index contributed by atoms with van der Waals surface area (Å²) in [6, 6.07) is -3.63. The van der Waals surface area contributed by atoms with Crippen molar-refractivity contribution in [3.05, 3.63) is 0 Å². The molecule has 0 radical (unpaired) electrons. The molecule has 0 aliphatic heterocycles. The molecule has 0 amide bonds. The average molecular weight is 155 g/mol. The Morgan fingerprint density at radius 3 is 2.60 bits per heavy atom. The Kier molecular flexibility index (Phi) is 3.83. The van der Waals surface area contributed by atoms with Crippen LogP contribution >= 0.6 is 0 Å². The van der Waals surface area contributed by atoms with Crippen molar-refractivity contribution in [3.8, 4) is 0 Å². The standard InChI is InChI=1S/C5H8F3NO/c1-2-10-4-9-5(7,8)3-6/h4H,2-3H2,1H3. The van der Waals surface area contributed by atoms with Gasteiger partial charge in [-0.15, -0.1) is 0 Å². The Morgan fingerprint density at radius 1 is 1.60 bits per heavy atom. The molecule has 2 nitrogen and oxygen atoms in total. The highest BCUT2D eigenvalue weighted by atomic mass is 19.3. The van der Waals surface area contributed by atoms with Crippen LogP contribution in [0.4, 0.5) is 13.2 Å². The summed E-state index contributed by atoms with van der Waals surface area (Å²) in [7, 11) is 0. The lowest BCUT2D eigenvalue weighted by atomic mass is 10.6. The number of halogens is 3. The summed E-state index contributed by atoms with van der Waals surface area (Å²) < 4.78 is 39.3. The smallest absolute Gasteiger partial charge is 0.372 e. The molecule has 0 spiro atoms. The fraction of sp³-hybridized carbons (Fsp3) is 0.800. The number of nitrogens with zero attached hydrogens (tertiary/aromatic N) is 1. The van der Waals surface area contributed by atoms with Crippen LogP contribution in [-0.4, -0.2) is 25.7 Å². The van der Waals surface area contributed by atoms with Crippen molar-refractivity contribution in [1.29, 1.82) is 0 Å². The summed E-state index contributed by atoms with van der Waals surface area (Å²) in [6.07, 6.45) is 0.555. The summed E-state index contributed by atoms with van der Waals surface area (Å²) in [5, 5.41) is 0. The third-order valence-electron chi connectivity index (χ3n) is 0.644. The molecule has 0 N–H and O–H groups in total. The summed E-state index contributed by atoms with van der Waals surface area (Å²) in [4.78, 5) is 2.51. The molecule has 0 aliphatic carbocycles. The molecule has 10 heavy (non-hydrogen) atoms. The molecule has 0 saturated heterocycles. The minimum absolute atomic E-state index is 0.242. The number of ether oxygens (including phenoxy) is 1. The maximum Gasteiger partial charge on any atom is 0.372 e. The number of hydrogen-bond acceptors (Lipinski definition) is 2. The van der Waals surface area contributed by atoms with Crippen molar-refractivity contribution >= 4 is 6.40 Å². The molecule has 0 bridgehead atoms. The fourth-order valence-corrected chi connectivity index (χ4v) is 0.223. The van der Waals surface area contributed by atoms with Crippen LogP contribution in [0.1, 0.15) is 6.92 Å². The van der Waals surface area contributed by atoms with E-state index in [1.807, 2.05) is 0 Å². The molecule has 0 aromatic carbocycles. The highest BCUT2D eigenvalue weighted by Crippen LogP contribution is 2.14. The maximum absolute atomic E-state index is 11.8. The molecule has 0 unspecified atom stereocenters. The van der Waals surface area contributed by atoms with Gasteiger partial charge in [0.2, 0.25) is 0 Å². The molecule has 0 aliphatic rings. The van der Waals surface area contributed by atoms with E-state index in [0.717, 1.165) is 0 Å². The lowest BCUT2D eigenvalue weighted by Crippen LogP contribution is -2.15. The molecular formula is C5H8F3NO. The van der Waals surface area contributed by atoms with Crippen molar-refractivity contribution in [3.63, 3.8) is 0 Å². The largest absolute Gasteiger partial charge is 0.484 e. The van der Waals surface area contributed by atoms with E-state index in [-0.39, 0.29) is 6.61 Å². The van der Waals surface area contributed by atoms with E-state index in [1.54, 1.807) is 6.92 Å². The molecule has 0 aromatic heterocycles. The SMILES string of the molecule is CCOC=NC(F)(F)CF. The molecule has 60 valence electrons. The Labute approximate surface area is 56.7 Å². The minimum atomic E-state index is -3.63. The number of alkyl halides is 3. The first-order valence-corrected chi connectivity index (χ1v) is 2.71. The maximum atomic E-state index is 11.8. The van der Waals surface area contributed by atoms with E-state index >= 15 is 0 Å².